The SMILES string of the molecule is C=C(C)\C(=C/C=C(C)/C(C)=C(/CCCC)c1ccc(S(C)(=O)=O)cc1)OC. The van der Waals surface area contributed by atoms with Gasteiger partial charge >= 0.3 is 0 Å². The second kappa shape index (κ2) is 10.3. The monoisotopic (exact) mass is 388 g/mol. The third kappa shape index (κ3) is 6.87. The van der Waals surface area contributed by atoms with Gasteiger partial charge in [-0.05, 0) is 79.7 Å². The molecule has 0 aliphatic heterocycles. The first-order chi connectivity index (χ1) is 12.6. The number of rotatable bonds is 9. The normalized spacial score (nSPS) is 14.0. The van der Waals surface area contributed by atoms with Crippen molar-refractivity contribution in [2.45, 2.75) is 51.9 Å². The van der Waals surface area contributed by atoms with Gasteiger partial charge in [0, 0.05) is 6.26 Å². The van der Waals surface area contributed by atoms with Crippen LogP contribution in [-0.4, -0.2) is 21.8 Å². The van der Waals surface area contributed by atoms with Crippen LogP contribution in [0, 0.1) is 0 Å². The van der Waals surface area contributed by atoms with Crippen LogP contribution in [0.1, 0.15) is 52.5 Å². The highest BCUT2D eigenvalue weighted by atomic mass is 32.2. The number of unbranched alkanes of at least 4 members (excludes halogenated alkanes) is 1. The van der Waals surface area contributed by atoms with E-state index < -0.39 is 9.84 Å². The van der Waals surface area contributed by atoms with Crippen molar-refractivity contribution >= 4 is 15.4 Å². The molecule has 0 saturated carbocycles. The van der Waals surface area contributed by atoms with Crippen molar-refractivity contribution in [2.24, 2.45) is 0 Å². The molecule has 0 bridgehead atoms. The largest absolute Gasteiger partial charge is 0.497 e. The molecule has 0 radical (unpaired) electrons. The van der Waals surface area contributed by atoms with Crippen LogP contribution in [0.3, 0.4) is 0 Å². The number of benzene rings is 1. The van der Waals surface area contributed by atoms with Crippen LogP contribution in [0.15, 0.2) is 70.4 Å². The Kier molecular flexibility index (Phi) is 8.77. The summed E-state index contributed by atoms with van der Waals surface area (Å²) >= 11 is 0. The molecule has 1 rings (SSSR count). The quantitative estimate of drug-likeness (QED) is 0.379. The van der Waals surface area contributed by atoms with E-state index in [1.807, 2.05) is 31.2 Å². The average Bonchev–Trinajstić information content (AvgIpc) is 2.61. The Bertz CT molecular complexity index is 851. The van der Waals surface area contributed by atoms with Gasteiger partial charge in [0.05, 0.1) is 12.0 Å². The Morgan fingerprint density at radius 1 is 1.11 bits per heavy atom. The summed E-state index contributed by atoms with van der Waals surface area (Å²) in [5, 5.41) is 0. The third-order valence-corrected chi connectivity index (χ3v) is 5.71. The molecule has 0 aliphatic carbocycles. The fraction of sp³-hybridized carbons (Fsp3) is 0.391. The predicted molar refractivity (Wildman–Crippen MR) is 115 cm³/mol. The molecular formula is C23H32O3S. The van der Waals surface area contributed by atoms with E-state index in [2.05, 4.69) is 27.4 Å². The maximum Gasteiger partial charge on any atom is 0.175 e. The number of ether oxygens (including phenoxy) is 1. The Morgan fingerprint density at radius 2 is 1.70 bits per heavy atom. The van der Waals surface area contributed by atoms with Crippen molar-refractivity contribution in [3.63, 3.8) is 0 Å². The van der Waals surface area contributed by atoms with E-state index >= 15 is 0 Å². The Hall–Kier alpha value is -2.07. The molecule has 0 atom stereocenters. The van der Waals surface area contributed by atoms with Crippen molar-refractivity contribution in [3.8, 4) is 0 Å². The summed E-state index contributed by atoms with van der Waals surface area (Å²) in [6.07, 6.45) is 8.34. The van der Waals surface area contributed by atoms with Gasteiger partial charge in [0.2, 0.25) is 0 Å². The van der Waals surface area contributed by atoms with Crippen LogP contribution >= 0.6 is 0 Å². The number of allylic oxidation sites excluding steroid dienone is 6. The fourth-order valence-electron chi connectivity index (χ4n) is 2.75. The molecule has 3 nitrogen and oxygen atoms in total. The van der Waals surface area contributed by atoms with Gasteiger partial charge in [0.25, 0.3) is 0 Å². The molecule has 0 amide bonds. The maximum atomic E-state index is 11.7. The van der Waals surface area contributed by atoms with Crippen LogP contribution in [-0.2, 0) is 14.6 Å². The van der Waals surface area contributed by atoms with E-state index in [0.717, 1.165) is 41.7 Å². The first-order valence-electron chi connectivity index (χ1n) is 9.20. The molecule has 0 aliphatic rings. The topological polar surface area (TPSA) is 43.4 Å². The van der Waals surface area contributed by atoms with Crippen LogP contribution < -0.4 is 0 Å². The highest BCUT2D eigenvalue weighted by Gasteiger charge is 2.11. The van der Waals surface area contributed by atoms with Crippen LogP contribution in [0.25, 0.3) is 5.57 Å². The molecule has 1 aromatic carbocycles. The molecule has 0 spiro atoms. The summed E-state index contributed by atoms with van der Waals surface area (Å²) in [5.41, 5.74) is 5.53. The molecule has 0 aromatic heterocycles. The Balaban J connectivity index is 3.36. The summed E-state index contributed by atoms with van der Waals surface area (Å²) < 4.78 is 28.8. The zero-order valence-corrected chi connectivity index (χ0v) is 18.2. The van der Waals surface area contributed by atoms with E-state index in [1.54, 1.807) is 19.2 Å². The lowest BCUT2D eigenvalue weighted by atomic mass is 9.92. The molecule has 27 heavy (non-hydrogen) atoms. The van der Waals surface area contributed by atoms with Crippen LogP contribution in [0.5, 0.6) is 0 Å². The van der Waals surface area contributed by atoms with Gasteiger partial charge in [-0.25, -0.2) is 8.42 Å². The smallest absolute Gasteiger partial charge is 0.175 e. The molecule has 0 N–H and O–H groups in total. The first kappa shape index (κ1) is 23.0. The van der Waals surface area contributed by atoms with Crippen molar-refractivity contribution in [2.75, 3.05) is 13.4 Å². The van der Waals surface area contributed by atoms with Crippen molar-refractivity contribution in [1.82, 2.24) is 0 Å². The highest BCUT2D eigenvalue weighted by Crippen LogP contribution is 2.29. The van der Waals surface area contributed by atoms with Gasteiger partial charge in [-0.1, -0.05) is 38.1 Å². The Labute approximate surface area is 165 Å². The standard InChI is InChI=1S/C23H32O3S/c1-8-9-10-22(20-12-14-21(15-13-20)27(7,24)25)19(5)18(4)11-16-23(26-6)17(2)3/h11-16H,2,8-10H2,1,3-7H3/b18-11+,22-19-,23-16+. The molecule has 0 heterocycles. The summed E-state index contributed by atoms with van der Waals surface area (Å²) in [5.74, 6) is 0.759. The second-order valence-corrected chi connectivity index (χ2v) is 8.88. The lowest BCUT2D eigenvalue weighted by Gasteiger charge is -2.14. The minimum atomic E-state index is -3.19. The van der Waals surface area contributed by atoms with Gasteiger partial charge < -0.3 is 4.74 Å². The summed E-state index contributed by atoms with van der Waals surface area (Å²) in [6.45, 7) is 12.2. The van der Waals surface area contributed by atoms with Gasteiger partial charge in [0.1, 0.15) is 5.76 Å². The van der Waals surface area contributed by atoms with Crippen LogP contribution in [0.2, 0.25) is 0 Å². The number of methoxy groups -OCH3 is 1. The number of hydrogen-bond acceptors (Lipinski definition) is 3. The van der Waals surface area contributed by atoms with Gasteiger partial charge in [0.15, 0.2) is 9.84 Å². The van der Waals surface area contributed by atoms with Crippen LogP contribution in [0.4, 0.5) is 0 Å². The molecule has 1 aromatic rings. The van der Waals surface area contributed by atoms with Gasteiger partial charge in [-0.2, -0.15) is 0 Å². The molecular weight excluding hydrogens is 356 g/mol. The number of hydrogen-bond donors (Lipinski definition) is 0. The summed E-state index contributed by atoms with van der Waals surface area (Å²) in [6, 6.07) is 7.19. The zero-order valence-electron chi connectivity index (χ0n) is 17.4. The maximum absolute atomic E-state index is 11.7. The number of sulfone groups is 1. The van der Waals surface area contributed by atoms with Gasteiger partial charge in [-0.15, -0.1) is 0 Å². The Morgan fingerprint density at radius 3 is 2.15 bits per heavy atom. The lowest BCUT2D eigenvalue weighted by molar-refractivity contribution is 0.301. The van der Waals surface area contributed by atoms with E-state index in [0.29, 0.717) is 4.90 Å². The van der Waals surface area contributed by atoms with E-state index in [9.17, 15) is 8.42 Å². The van der Waals surface area contributed by atoms with Gasteiger partial charge in [-0.3, -0.25) is 0 Å². The summed E-state index contributed by atoms with van der Waals surface area (Å²) in [7, 11) is -1.54. The molecule has 4 heteroatoms. The zero-order chi connectivity index (χ0) is 20.6. The van der Waals surface area contributed by atoms with E-state index in [-0.39, 0.29) is 0 Å². The lowest BCUT2D eigenvalue weighted by Crippen LogP contribution is -1.98. The fourth-order valence-corrected chi connectivity index (χ4v) is 3.38. The second-order valence-electron chi connectivity index (χ2n) is 6.87. The predicted octanol–water partition coefficient (Wildman–Crippen LogP) is 6.11. The molecule has 0 fully saturated rings. The van der Waals surface area contributed by atoms with Crippen molar-refractivity contribution in [1.29, 1.82) is 0 Å². The van der Waals surface area contributed by atoms with Crippen molar-refractivity contribution < 1.29 is 13.2 Å². The summed E-state index contributed by atoms with van der Waals surface area (Å²) in [4.78, 5) is 0.347. The minimum absolute atomic E-state index is 0.347. The molecule has 0 saturated heterocycles. The molecule has 0 unspecified atom stereocenters. The first-order valence-corrected chi connectivity index (χ1v) is 11.1. The van der Waals surface area contributed by atoms with E-state index in [4.69, 9.17) is 4.74 Å². The minimum Gasteiger partial charge on any atom is -0.497 e. The third-order valence-electron chi connectivity index (χ3n) is 4.58. The average molecular weight is 389 g/mol. The highest BCUT2D eigenvalue weighted by molar-refractivity contribution is 7.90. The van der Waals surface area contributed by atoms with E-state index in [1.165, 1.54) is 17.4 Å². The van der Waals surface area contributed by atoms with Crippen molar-refractivity contribution in [3.05, 3.63) is 71.0 Å². The molecule has 148 valence electrons.